The van der Waals surface area contributed by atoms with Crippen molar-refractivity contribution in [3.8, 4) is 11.5 Å². The molecule has 0 radical (unpaired) electrons. The van der Waals surface area contributed by atoms with Gasteiger partial charge in [0.25, 0.3) is 0 Å². The summed E-state index contributed by atoms with van der Waals surface area (Å²) in [5, 5.41) is 3.56. The van der Waals surface area contributed by atoms with Gasteiger partial charge in [0.15, 0.2) is 11.5 Å². The van der Waals surface area contributed by atoms with E-state index in [1.54, 1.807) is 18.2 Å². The number of nitrogens with zero attached hydrogens (tertiary/aromatic N) is 1. The van der Waals surface area contributed by atoms with Crippen molar-refractivity contribution < 1.29 is 14.3 Å². The lowest BCUT2D eigenvalue weighted by Gasteiger charge is -2.29. The predicted molar refractivity (Wildman–Crippen MR) is 98.9 cm³/mol. The topological polar surface area (TPSA) is 50.8 Å². The van der Waals surface area contributed by atoms with Crippen LogP contribution in [0.4, 0.5) is 5.69 Å². The number of benzene rings is 2. The van der Waals surface area contributed by atoms with E-state index >= 15 is 0 Å². The van der Waals surface area contributed by atoms with E-state index in [1.807, 2.05) is 36.2 Å². The molecule has 0 aromatic heterocycles. The van der Waals surface area contributed by atoms with Gasteiger partial charge in [0.05, 0.1) is 22.3 Å². The van der Waals surface area contributed by atoms with Crippen LogP contribution in [0.25, 0.3) is 0 Å². The predicted octanol–water partition coefficient (Wildman–Crippen LogP) is 3.70. The second kappa shape index (κ2) is 7.95. The van der Waals surface area contributed by atoms with Crippen LogP contribution in [0.1, 0.15) is 0 Å². The van der Waals surface area contributed by atoms with E-state index in [0.717, 1.165) is 11.5 Å². The monoisotopic (exact) mass is 380 g/mol. The number of halogens is 2. The summed E-state index contributed by atoms with van der Waals surface area (Å²) in [6.45, 7) is 1.18. The molecule has 0 fully saturated rings. The minimum atomic E-state index is -0.199. The van der Waals surface area contributed by atoms with Crippen LogP contribution >= 0.6 is 23.2 Å². The molecule has 1 aliphatic rings. The summed E-state index contributed by atoms with van der Waals surface area (Å²) in [5.74, 6) is 1.27. The van der Waals surface area contributed by atoms with Gasteiger partial charge in [0.2, 0.25) is 5.91 Å². The zero-order chi connectivity index (χ0) is 17.8. The van der Waals surface area contributed by atoms with Gasteiger partial charge < -0.3 is 14.8 Å². The van der Waals surface area contributed by atoms with Gasteiger partial charge in [-0.05, 0) is 31.3 Å². The highest BCUT2D eigenvalue weighted by atomic mass is 35.5. The number of ether oxygens (including phenoxy) is 2. The number of hydrogen-bond acceptors (Lipinski definition) is 4. The zero-order valence-electron chi connectivity index (χ0n) is 13.7. The van der Waals surface area contributed by atoms with Crippen LogP contribution in [0.2, 0.25) is 10.0 Å². The number of carbonyl (C=O) groups excluding carboxylic acids is 1. The third-order valence-corrected chi connectivity index (χ3v) is 4.35. The smallest absolute Gasteiger partial charge is 0.238 e. The van der Waals surface area contributed by atoms with Crippen LogP contribution in [-0.4, -0.2) is 43.7 Å². The molecule has 1 heterocycles. The molecule has 1 unspecified atom stereocenters. The van der Waals surface area contributed by atoms with Crippen LogP contribution in [0, 0.1) is 0 Å². The Hall–Kier alpha value is -1.95. The van der Waals surface area contributed by atoms with Crippen molar-refractivity contribution in [1.29, 1.82) is 0 Å². The van der Waals surface area contributed by atoms with Crippen molar-refractivity contribution in [2.24, 2.45) is 0 Å². The summed E-state index contributed by atoms with van der Waals surface area (Å²) in [6.07, 6.45) is -0.142. The second-order valence-electron chi connectivity index (χ2n) is 5.84. The first-order valence-electron chi connectivity index (χ1n) is 7.84. The summed E-state index contributed by atoms with van der Waals surface area (Å²) in [6, 6.07) is 12.6. The third kappa shape index (κ3) is 4.57. The molecule has 1 N–H and O–H groups in total. The number of carbonyl (C=O) groups is 1. The molecule has 1 amide bonds. The van der Waals surface area contributed by atoms with Gasteiger partial charge in [-0.1, -0.05) is 41.4 Å². The van der Waals surface area contributed by atoms with Crippen molar-refractivity contribution >= 4 is 34.8 Å². The largest absolute Gasteiger partial charge is 0.486 e. The molecule has 0 saturated carbocycles. The number of hydrogen-bond donors (Lipinski definition) is 1. The molecule has 1 atom stereocenters. The first kappa shape index (κ1) is 17.9. The number of likely N-dealkylation sites (N-methyl/N-ethyl adjacent to an activating group) is 1. The van der Waals surface area contributed by atoms with Gasteiger partial charge >= 0.3 is 0 Å². The summed E-state index contributed by atoms with van der Waals surface area (Å²) < 4.78 is 11.6. The Morgan fingerprint density at radius 2 is 1.84 bits per heavy atom. The lowest BCUT2D eigenvalue weighted by Crippen LogP contribution is -2.42. The molecule has 5 nitrogen and oxygen atoms in total. The Balaban J connectivity index is 1.53. The fourth-order valence-electron chi connectivity index (χ4n) is 2.61. The van der Waals surface area contributed by atoms with Crippen LogP contribution in [0.15, 0.2) is 42.5 Å². The van der Waals surface area contributed by atoms with E-state index in [2.05, 4.69) is 5.32 Å². The lowest BCUT2D eigenvalue weighted by molar-refractivity contribution is -0.117. The fourth-order valence-corrected chi connectivity index (χ4v) is 3.10. The maximum Gasteiger partial charge on any atom is 0.238 e. The summed E-state index contributed by atoms with van der Waals surface area (Å²) in [5.41, 5.74) is 0.426. The Morgan fingerprint density at radius 1 is 1.16 bits per heavy atom. The molecule has 25 heavy (non-hydrogen) atoms. The van der Waals surface area contributed by atoms with Crippen LogP contribution < -0.4 is 14.8 Å². The van der Waals surface area contributed by atoms with Crippen molar-refractivity contribution in [3.05, 3.63) is 52.5 Å². The molecular weight excluding hydrogens is 363 g/mol. The number of nitrogens with one attached hydrogen (secondary N) is 1. The van der Waals surface area contributed by atoms with Gasteiger partial charge in [-0.15, -0.1) is 0 Å². The second-order valence-corrected chi connectivity index (χ2v) is 6.65. The molecule has 0 saturated heterocycles. The van der Waals surface area contributed by atoms with Gasteiger partial charge in [-0.25, -0.2) is 0 Å². The van der Waals surface area contributed by atoms with Gasteiger partial charge in [0, 0.05) is 6.54 Å². The molecule has 2 aromatic carbocycles. The molecule has 0 spiro atoms. The molecule has 132 valence electrons. The molecule has 7 heteroatoms. The first-order chi connectivity index (χ1) is 12.0. The highest BCUT2D eigenvalue weighted by Gasteiger charge is 2.22. The van der Waals surface area contributed by atoms with Crippen molar-refractivity contribution in [1.82, 2.24) is 4.90 Å². The summed E-state index contributed by atoms with van der Waals surface area (Å²) >= 11 is 12.1. The number of para-hydroxylation sites is 3. The maximum atomic E-state index is 12.2. The number of amides is 1. The number of anilines is 1. The molecular formula is C18H18Cl2N2O3. The van der Waals surface area contributed by atoms with E-state index in [9.17, 15) is 4.79 Å². The van der Waals surface area contributed by atoms with Gasteiger partial charge in [-0.2, -0.15) is 0 Å². The van der Waals surface area contributed by atoms with E-state index in [-0.39, 0.29) is 18.6 Å². The van der Waals surface area contributed by atoms with E-state index in [0.29, 0.717) is 28.9 Å². The fraction of sp³-hybridized carbons (Fsp3) is 0.278. The molecule has 0 bridgehead atoms. The van der Waals surface area contributed by atoms with Crippen LogP contribution in [-0.2, 0) is 4.79 Å². The molecule has 1 aliphatic heterocycles. The van der Waals surface area contributed by atoms with E-state index in [1.165, 1.54) is 0 Å². The average Bonchev–Trinajstić information content (AvgIpc) is 2.58. The number of rotatable bonds is 5. The van der Waals surface area contributed by atoms with Crippen molar-refractivity contribution in [2.75, 3.05) is 32.1 Å². The number of fused-ring (bicyclic) bond motifs is 1. The quantitative estimate of drug-likeness (QED) is 0.858. The SMILES string of the molecule is CN(CC(=O)Nc1c(Cl)cccc1Cl)CC1COc2ccccc2O1. The van der Waals surface area contributed by atoms with Crippen molar-refractivity contribution in [2.45, 2.75) is 6.10 Å². The highest BCUT2D eigenvalue weighted by molar-refractivity contribution is 6.39. The third-order valence-electron chi connectivity index (χ3n) is 3.72. The van der Waals surface area contributed by atoms with Gasteiger partial charge in [-0.3, -0.25) is 9.69 Å². The Bertz CT molecular complexity index is 749. The molecule has 0 aliphatic carbocycles. The Morgan fingerprint density at radius 3 is 2.56 bits per heavy atom. The Kier molecular flexibility index (Phi) is 5.68. The van der Waals surface area contributed by atoms with Crippen molar-refractivity contribution in [3.63, 3.8) is 0 Å². The maximum absolute atomic E-state index is 12.2. The minimum absolute atomic E-state index is 0.142. The van der Waals surface area contributed by atoms with Crippen LogP contribution in [0.5, 0.6) is 11.5 Å². The normalized spacial score (nSPS) is 15.9. The van der Waals surface area contributed by atoms with E-state index < -0.39 is 0 Å². The first-order valence-corrected chi connectivity index (χ1v) is 8.59. The molecule has 2 aromatic rings. The summed E-state index contributed by atoms with van der Waals surface area (Å²) in [4.78, 5) is 14.1. The standard InChI is InChI=1S/C18H18Cl2N2O3/c1-22(9-12-11-24-15-7-2-3-8-16(15)25-12)10-17(23)21-18-13(19)5-4-6-14(18)20/h2-8,12H,9-11H2,1H3,(H,21,23). The minimum Gasteiger partial charge on any atom is -0.486 e. The van der Waals surface area contributed by atoms with Crippen LogP contribution in [0.3, 0.4) is 0 Å². The van der Waals surface area contributed by atoms with Gasteiger partial charge in [0.1, 0.15) is 12.7 Å². The lowest BCUT2D eigenvalue weighted by atomic mass is 10.2. The molecule has 3 rings (SSSR count). The average molecular weight is 381 g/mol. The summed E-state index contributed by atoms with van der Waals surface area (Å²) in [7, 11) is 1.84. The van der Waals surface area contributed by atoms with E-state index in [4.69, 9.17) is 32.7 Å². The highest BCUT2D eigenvalue weighted by Crippen LogP contribution is 2.31. The zero-order valence-corrected chi connectivity index (χ0v) is 15.2. The Labute approximate surface area is 156 Å².